The number of amides is 2. The number of benzene rings is 1. The van der Waals surface area contributed by atoms with E-state index >= 15 is 0 Å². The summed E-state index contributed by atoms with van der Waals surface area (Å²) in [5.41, 5.74) is 1.87. The zero-order valence-electron chi connectivity index (χ0n) is 15.6. The molecule has 0 saturated heterocycles. The van der Waals surface area contributed by atoms with Crippen molar-refractivity contribution in [2.75, 3.05) is 10.6 Å². The number of hydrogen-bond acceptors (Lipinski definition) is 6. The molecule has 0 spiro atoms. The highest BCUT2D eigenvalue weighted by Crippen LogP contribution is 2.35. The first kappa shape index (κ1) is 20.4. The number of aromatic nitrogens is 2. The maximum atomic E-state index is 12.4. The van der Waals surface area contributed by atoms with E-state index in [0.29, 0.717) is 27.3 Å². The lowest BCUT2D eigenvalue weighted by Gasteiger charge is -2.03. The SMILES string of the molecule is Cc1nc(NC(=O)c2ccccc2Cl)sc1-c1csc(NC(=O)CC(C)C)n1. The molecule has 9 heteroatoms. The molecule has 2 amide bonds. The van der Waals surface area contributed by atoms with E-state index in [9.17, 15) is 9.59 Å². The smallest absolute Gasteiger partial charge is 0.258 e. The highest BCUT2D eigenvalue weighted by Gasteiger charge is 2.17. The normalized spacial score (nSPS) is 10.9. The number of hydrogen-bond donors (Lipinski definition) is 2. The lowest BCUT2D eigenvalue weighted by molar-refractivity contribution is -0.116. The Morgan fingerprint density at radius 1 is 1.14 bits per heavy atom. The molecule has 6 nitrogen and oxygen atoms in total. The van der Waals surface area contributed by atoms with Crippen LogP contribution in [-0.4, -0.2) is 21.8 Å². The average molecular weight is 435 g/mol. The third-order valence-electron chi connectivity index (χ3n) is 3.71. The van der Waals surface area contributed by atoms with Gasteiger partial charge in [-0.15, -0.1) is 11.3 Å². The minimum Gasteiger partial charge on any atom is -0.302 e. The van der Waals surface area contributed by atoms with Crippen molar-refractivity contribution in [2.45, 2.75) is 27.2 Å². The van der Waals surface area contributed by atoms with Crippen LogP contribution in [0.2, 0.25) is 5.02 Å². The van der Waals surface area contributed by atoms with Crippen LogP contribution >= 0.6 is 34.3 Å². The van der Waals surface area contributed by atoms with Gasteiger partial charge in [-0.1, -0.05) is 48.9 Å². The van der Waals surface area contributed by atoms with Crippen molar-refractivity contribution < 1.29 is 9.59 Å². The van der Waals surface area contributed by atoms with Gasteiger partial charge in [0.2, 0.25) is 5.91 Å². The Morgan fingerprint density at radius 2 is 1.89 bits per heavy atom. The first-order valence-corrected chi connectivity index (χ1v) is 10.7. The molecule has 2 heterocycles. The third kappa shape index (κ3) is 4.95. The third-order valence-corrected chi connectivity index (χ3v) is 5.90. The van der Waals surface area contributed by atoms with Gasteiger partial charge in [0, 0.05) is 11.8 Å². The molecule has 0 unspecified atom stereocenters. The van der Waals surface area contributed by atoms with Crippen LogP contribution in [0, 0.1) is 12.8 Å². The molecule has 0 fully saturated rings. The lowest BCUT2D eigenvalue weighted by atomic mass is 10.1. The van der Waals surface area contributed by atoms with Gasteiger partial charge in [0.25, 0.3) is 5.91 Å². The number of halogens is 1. The Morgan fingerprint density at radius 3 is 2.61 bits per heavy atom. The van der Waals surface area contributed by atoms with E-state index in [1.807, 2.05) is 26.2 Å². The number of rotatable bonds is 6. The predicted octanol–water partition coefficient (Wildman–Crippen LogP) is 5.47. The molecule has 0 bridgehead atoms. The second kappa shape index (κ2) is 8.81. The van der Waals surface area contributed by atoms with Gasteiger partial charge in [0.05, 0.1) is 26.9 Å². The summed E-state index contributed by atoms with van der Waals surface area (Å²) in [5, 5.41) is 8.87. The molecule has 0 atom stereocenters. The molecular formula is C19H19ClN4O2S2. The molecule has 0 aliphatic heterocycles. The van der Waals surface area contributed by atoms with E-state index in [4.69, 9.17) is 11.6 Å². The molecule has 28 heavy (non-hydrogen) atoms. The number of anilines is 2. The molecule has 0 radical (unpaired) electrons. The van der Waals surface area contributed by atoms with Crippen LogP contribution in [0.5, 0.6) is 0 Å². The zero-order valence-corrected chi connectivity index (χ0v) is 18.0. The molecule has 0 saturated carbocycles. The van der Waals surface area contributed by atoms with Gasteiger partial charge >= 0.3 is 0 Å². The molecule has 3 rings (SSSR count). The second-order valence-electron chi connectivity index (χ2n) is 6.55. The summed E-state index contributed by atoms with van der Waals surface area (Å²) in [7, 11) is 0. The highest BCUT2D eigenvalue weighted by molar-refractivity contribution is 7.20. The number of thiazole rings is 2. The van der Waals surface area contributed by atoms with Crippen molar-refractivity contribution in [1.82, 2.24) is 9.97 Å². The summed E-state index contributed by atoms with van der Waals surface area (Å²) in [5.74, 6) is -0.0807. The Hall–Kier alpha value is -2.29. The van der Waals surface area contributed by atoms with Crippen LogP contribution in [0.4, 0.5) is 10.3 Å². The van der Waals surface area contributed by atoms with Gasteiger partial charge in [-0.2, -0.15) is 0 Å². The first-order chi connectivity index (χ1) is 13.3. The lowest BCUT2D eigenvalue weighted by Crippen LogP contribution is -2.13. The molecule has 0 aliphatic carbocycles. The minimum atomic E-state index is -0.314. The fourth-order valence-electron chi connectivity index (χ4n) is 2.47. The number of nitrogens with one attached hydrogen (secondary N) is 2. The summed E-state index contributed by atoms with van der Waals surface area (Å²) in [6.45, 7) is 5.84. The number of aryl methyl sites for hydroxylation is 1. The van der Waals surface area contributed by atoms with Crippen LogP contribution in [0.25, 0.3) is 10.6 Å². The summed E-state index contributed by atoms with van der Waals surface area (Å²) in [4.78, 5) is 34.1. The van der Waals surface area contributed by atoms with Crippen molar-refractivity contribution in [1.29, 1.82) is 0 Å². The molecule has 0 aliphatic rings. The van der Waals surface area contributed by atoms with Crippen molar-refractivity contribution in [2.24, 2.45) is 5.92 Å². The summed E-state index contributed by atoms with van der Waals surface area (Å²) < 4.78 is 0. The topological polar surface area (TPSA) is 84.0 Å². The molecule has 3 aromatic rings. The monoisotopic (exact) mass is 434 g/mol. The molecular weight excluding hydrogens is 416 g/mol. The predicted molar refractivity (Wildman–Crippen MR) is 115 cm³/mol. The highest BCUT2D eigenvalue weighted by atomic mass is 35.5. The van der Waals surface area contributed by atoms with Gasteiger partial charge in [0.15, 0.2) is 10.3 Å². The fourth-order valence-corrected chi connectivity index (χ4v) is 4.41. The summed E-state index contributed by atoms with van der Waals surface area (Å²) in [6, 6.07) is 6.85. The summed E-state index contributed by atoms with van der Waals surface area (Å²) in [6.07, 6.45) is 0.451. The molecule has 2 aromatic heterocycles. The van der Waals surface area contributed by atoms with E-state index in [0.717, 1.165) is 16.3 Å². The number of carbonyl (C=O) groups is 2. The average Bonchev–Trinajstić information content (AvgIpc) is 3.20. The Balaban J connectivity index is 1.73. The first-order valence-electron chi connectivity index (χ1n) is 8.62. The second-order valence-corrected chi connectivity index (χ2v) is 8.82. The Bertz CT molecular complexity index is 1010. The van der Waals surface area contributed by atoms with E-state index in [2.05, 4.69) is 20.6 Å². The summed E-state index contributed by atoms with van der Waals surface area (Å²) >= 11 is 8.76. The van der Waals surface area contributed by atoms with Gasteiger partial charge in [-0.3, -0.25) is 14.9 Å². The standard InChI is InChI=1S/C19H19ClN4O2S2/c1-10(2)8-15(25)23-18-22-14(9-27-18)16-11(3)21-19(28-16)24-17(26)12-6-4-5-7-13(12)20/h4-7,9-10H,8H2,1-3H3,(H,21,24,26)(H,22,23,25). The Kier molecular flexibility index (Phi) is 6.43. The van der Waals surface area contributed by atoms with Crippen molar-refractivity contribution in [3.05, 3.63) is 45.9 Å². The quantitative estimate of drug-likeness (QED) is 0.539. The Labute approximate surface area is 176 Å². The maximum Gasteiger partial charge on any atom is 0.258 e. The maximum absolute atomic E-state index is 12.4. The van der Waals surface area contributed by atoms with Crippen molar-refractivity contribution in [3.63, 3.8) is 0 Å². The van der Waals surface area contributed by atoms with E-state index in [-0.39, 0.29) is 17.7 Å². The van der Waals surface area contributed by atoms with E-state index in [1.54, 1.807) is 24.3 Å². The fraction of sp³-hybridized carbons (Fsp3) is 0.263. The minimum absolute atomic E-state index is 0.0513. The van der Waals surface area contributed by atoms with Gasteiger partial charge in [0.1, 0.15) is 0 Å². The zero-order chi connectivity index (χ0) is 20.3. The molecule has 146 valence electrons. The van der Waals surface area contributed by atoms with Gasteiger partial charge in [-0.05, 0) is 25.0 Å². The van der Waals surface area contributed by atoms with Gasteiger partial charge in [-0.25, -0.2) is 9.97 Å². The van der Waals surface area contributed by atoms with Crippen LogP contribution in [0.1, 0.15) is 36.3 Å². The molecule has 2 N–H and O–H groups in total. The number of nitrogens with zero attached hydrogens (tertiary/aromatic N) is 2. The van der Waals surface area contributed by atoms with Crippen LogP contribution < -0.4 is 10.6 Å². The largest absolute Gasteiger partial charge is 0.302 e. The van der Waals surface area contributed by atoms with Crippen molar-refractivity contribution >= 4 is 56.4 Å². The van der Waals surface area contributed by atoms with E-state index < -0.39 is 0 Å². The van der Waals surface area contributed by atoms with Gasteiger partial charge < -0.3 is 5.32 Å². The van der Waals surface area contributed by atoms with Crippen LogP contribution in [0.3, 0.4) is 0 Å². The number of carbonyl (C=O) groups excluding carboxylic acids is 2. The van der Waals surface area contributed by atoms with E-state index in [1.165, 1.54) is 22.7 Å². The van der Waals surface area contributed by atoms with Crippen molar-refractivity contribution in [3.8, 4) is 10.6 Å². The molecule has 1 aromatic carbocycles. The van der Waals surface area contributed by atoms with Crippen LogP contribution in [0.15, 0.2) is 29.6 Å². The van der Waals surface area contributed by atoms with Crippen LogP contribution in [-0.2, 0) is 4.79 Å².